The molecule has 2 aromatic rings. The number of halogens is 2. The molecular formula is C24H36Cl2N2O4. The molecule has 0 spiro atoms. The summed E-state index contributed by atoms with van der Waals surface area (Å²) in [5, 5.41) is 10.3. The number of benzene rings is 2. The Kier molecular flexibility index (Phi) is 12.8. The van der Waals surface area contributed by atoms with Crippen LogP contribution in [0.4, 0.5) is 5.69 Å². The van der Waals surface area contributed by atoms with Crippen molar-refractivity contribution in [2.45, 2.75) is 20.0 Å². The molecule has 8 heteroatoms. The highest BCUT2D eigenvalue weighted by Crippen LogP contribution is 2.28. The van der Waals surface area contributed by atoms with E-state index in [4.69, 9.17) is 14.2 Å². The van der Waals surface area contributed by atoms with E-state index in [1.54, 1.807) is 7.11 Å². The molecule has 1 fully saturated rings. The molecule has 6 nitrogen and oxygen atoms in total. The fourth-order valence-electron chi connectivity index (χ4n) is 3.65. The number of hydrogen-bond donors (Lipinski definition) is 1. The highest BCUT2D eigenvalue weighted by molar-refractivity contribution is 5.85. The molecule has 0 radical (unpaired) electrons. The normalized spacial score (nSPS) is 14.8. The van der Waals surface area contributed by atoms with Gasteiger partial charge in [-0.3, -0.25) is 4.90 Å². The van der Waals surface area contributed by atoms with Crippen molar-refractivity contribution in [3.05, 3.63) is 53.6 Å². The number of anilines is 1. The third-order valence-electron chi connectivity index (χ3n) is 5.55. The quantitative estimate of drug-likeness (QED) is 0.516. The molecule has 1 heterocycles. The van der Waals surface area contributed by atoms with Crippen molar-refractivity contribution < 1.29 is 19.3 Å². The van der Waals surface area contributed by atoms with Gasteiger partial charge in [0.05, 0.1) is 32.1 Å². The van der Waals surface area contributed by atoms with Crippen molar-refractivity contribution in [1.82, 2.24) is 4.90 Å². The van der Waals surface area contributed by atoms with Gasteiger partial charge in [0.25, 0.3) is 0 Å². The van der Waals surface area contributed by atoms with E-state index >= 15 is 0 Å². The number of hydrogen-bond acceptors (Lipinski definition) is 6. The van der Waals surface area contributed by atoms with Gasteiger partial charge in [-0.25, -0.2) is 0 Å². The van der Waals surface area contributed by atoms with Crippen molar-refractivity contribution in [2.75, 3.05) is 64.6 Å². The van der Waals surface area contributed by atoms with E-state index in [9.17, 15) is 5.11 Å². The summed E-state index contributed by atoms with van der Waals surface area (Å²) in [6.07, 6.45) is -0.496. The number of methoxy groups -OCH3 is 1. The molecule has 1 aliphatic heterocycles. The van der Waals surface area contributed by atoms with Gasteiger partial charge in [0.1, 0.15) is 18.1 Å². The largest absolute Gasteiger partial charge is 0.495 e. The lowest BCUT2D eigenvalue weighted by molar-refractivity contribution is 0.00717. The zero-order valence-corrected chi connectivity index (χ0v) is 20.8. The number of rotatable bonds is 10. The predicted octanol–water partition coefficient (Wildman–Crippen LogP) is 3.73. The van der Waals surface area contributed by atoms with E-state index in [-0.39, 0.29) is 24.8 Å². The molecule has 0 bridgehead atoms. The van der Waals surface area contributed by atoms with Crippen molar-refractivity contribution in [3.8, 4) is 11.5 Å². The van der Waals surface area contributed by atoms with Crippen LogP contribution in [0.25, 0.3) is 0 Å². The number of nitrogens with zero attached hydrogens (tertiary/aromatic N) is 2. The highest BCUT2D eigenvalue weighted by Gasteiger charge is 2.21. The van der Waals surface area contributed by atoms with Crippen LogP contribution in [0.3, 0.4) is 0 Å². The summed E-state index contributed by atoms with van der Waals surface area (Å²) in [6.45, 7) is 9.69. The smallest absolute Gasteiger partial charge is 0.142 e. The second-order valence-electron chi connectivity index (χ2n) is 7.78. The summed E-state index contributed by atoms with van der Waals surface area (Å²) in [5.74, 6) is 1.76. The summed E-state index contributed by atoms with van der Waals surface area (Å²) in [5.41, 5.74) is 3.60. The number of aliphatic hydroxyl groups excluding tert-OH is 1. The van der Waals surface area contributed by atoms with Crippen LogP contribution in [0.5, 0.6) is 11.5 Å². The molecule has 0 aliphatic carbocycles. The number of piperazine rings is 1. The molecule has 0 saturated carbocycles. The molecule has 3 rings (SSSR count). The number of ether oxygens (including phenoxy) is 3. The Balaban J connectivity index is 0.00000256. The second kappa shape index (κ2) is 14.4. The first-order valence-electron chi connectivity index (χ1n) is 10.6. The maximum atomic E-state index is 10.3. The summed E-state index contributed by atoms with van der Waals surface area (Å²) < 4.78 is 16.8. The zero-order valence-electron chi connectivity index (χ0n) is 19.2. The van der Waals surface area contributed by atoms with E-state index in [1.165, 1.54) is 11.1 Å². The molecule has 180 valence electrons. The summed E-state index contributed by atoms with van der Waals surface area (Å²) >= 11 is 0. The molecule has 32 heavy (non-hydrogen) atoms. The van der Waals surface area contributed by atoms with Gasteiger partial charge in [0.2, 0.25) is 0 Å². The maximum absolute atomic E-state index is 10.3. The Bertz CT molecular complexity index is 801. The van der Waals surface area contributed by atoms with Crippen molar-refractivity contribution in [2.24, 2.45) is 0 Å². The lowest BCUT2D eigenvalue weighted by atomic mass is 10.1. The topological polar surface area (TPSA) is 54.4 Å². The molecule has 0 amide bonds. The number of para-hydroxylation sites is 2. The van der Waals surface area contributed by atoms with Crippen molar-refractivity contribution in [3.63, 3.8) is 0 Å². The van der Waals surface area contributed by atoms with E-state index in [2.05, 4.69) is 35.8 Å². The van der Waals surface area contributed by atoms with Gasteiger partial charge in [0.15, 0.2) is 0 Å². The predicted molar refractivity (Wildman–Crippen MR) is 134 cm³/mol. The molecule has 2 aromatic carbocycles. The molecule has 1 aliphatic rings. The van der Waals surface area contributed by atoms with Crippen LogP contribution in [0.15, 0.2) is 42.5 Å². The minimum atomic E-state index is -0.496. The van der Waals surface area contributed by atoms with Crippen LogP contribution in [-0.4, -0.2) is 75.8 Å². The molecule has 1 unspecified atom stereocenters. The Hall–Kier alpha value is -1.70. The maximum Gasteiger partial charge on any atom is 0.142 e. The summed E-state index contributed by atoms with van der Waals surface area (Å²) in [7, 11) is 1.71. The van der Waals surface area contributed by atoms with Crippen molar-refractivity contribution in [1.29, 1.82) is 0 Å². The van der Waals surface area contributed by atoms with E-state index in [0.717, 1.165) is 43.4 Å². The van der Waals surface area contributed by atoms with Gasteiger partial charge in [0, 0.05) is 32.7 Å². The van der Waals surface area contributed by atoms with Gasteiger partial charge in [-0.05, 0) is 49.2 Å². The molecule has 1 atom stereocenters. The highest BCUT2D eigenvalue weighted by atomic mass is 35.5. The monoisotopic (exact) mass is 486 g/mol. The van der Waals surface area contributed by atoms with Gasteiger partial charge >= 0.3 is 0 Å². The molecule has 0 aromatic heterocycles. The van der Waals surface area contributed by atoms with Gasteiger partial charge in [-0.2, -0.15) is 0 Å². The lowest BCUT2D eigenvalue weighted by Crippen LogP contribution is -2.49. The Labute approximate surface area is 204 Å². The van der Waals surface area contributed by atoms with E-state index in [1.807, 2.05) is 30.3 Å². The van der Waals surface area contributed by atoms with Crippen LogP contribution in [0.2, 0.25) is 0 Å². The van der Waals surface area contributed by atoms with Gasteiger partial charge in [-0.15, -0.1) is 24.8 Å². The number of aliphatic hydroxyl groups is 1. The molecule has 1 N–H and O–H groups in total. The zero-order chi connectivity index (χ0) is 21.3. The van der Waals surface area contributed by atoms with Crippen molar-refractivity contribution >= 4 is 30.5 Å². The van der Waals surface area contributed by atoms with Crippen LogP contribution in [0, 0.1) is 13.8 Å². The first kappa shape index (κ1) is 28.3. The minimum absolute atomic E-state index is 0. The Morgan fingerprint density at radius 1 is 0.938 bits per heavy atom. The van der Waals surface area contributed by atoms with Gasteiger partial charge < -0.3 is 24.2 Å². The number of β-amino-alcohol motifs (C(OH)–C–C–N with tert-alkyl or cyclic N) is 1. The lowest BCUT2D eigenvalue weighted by Gasteiger charge is -2.37. The summed E-state index contributed by atoms with van der Waals surface area (Å²) in [6, 6.07) is 14.2. The fourth-order valence-corrected chi connectivity index (χ4v) is 3.65. The average Bonchev–Trinajstić information content (AvgIpc) is 2.76. The van der Waals surface area contributed by atoms with Gasteiger partial charge in [-0.1, -0.05) is 18.2 Å². The van der Waals surface area contributed by atoms with Crippen LogP contribution in [-0.2, 0) is 4.74 Å². The SMILES string of the molecule is COc1ccccc1N1CCN(CC(O)COCCOc2ccc(C)c(C)c2)CC1.Cl.Cl. The average molecular weight is 487 g/mol. The third kappa shape index (κ3) is 8.34. The van der Waals surface area contributed by atoms with Crippen LogP contribution >= 0.6 is 24.8 Å². The minimum Gasteiger partial charge on any atom is -0.495 e. The second-order valence-corrected chi connectivity index (χ2v) is 7.78. The molecular weight excluding hydrogens is 451 g/mol. The van der Waals surface area contributed by atoms with Crippen LogP contribution < -0.4 is 14.4 Å². The third-order valence-corrected chi connectivity index (χ3v) is 5.55. The fraction of sp³-hybridized carbons (Fsp3) is 0.500. The van der Waals surface area contributed by atoms with E-state index in [0.29, 0.717) is 26.4 Å². The molecule has 1 saturated heterocycles. The first-order valence-corrected chi connectivity index (χ1v) is 10.6. The Morgan fingerprint density at radius 2 is 1.66 bits per heavy atom. The number of aryl methyl sites for hydroxylation is 2. The Morgan fingerprint density at radius 3 is 2.34 bits per heavy atom. The van der Waals surface area contributed by atoms with Crippen LogP contribution in [0.1, 0.15) is 11.1 Å². The first-order chi connectivity index (χ1) is 14.6. The summed E-state index contributed by atoms with van der Waals surface area (Å²) in [4.78, 5) is 4.62. The standard InChI is InChI=1S/C24H34N2O4.2ClH/c1-19-8-9-22(16-20(19)2)30-15-14-29-18-21(27)17-25-10-12-26(13-11-25)23-6-4-5-7-24(23)28-3;;/h4-9,16,21,27H,10-15,17-18H2,1-3H3;2*1H. The van der Waals surface area contributed by atoms with E-state index < -0.39 is 6.10 Å².